The molecule has 0 aromatic heterocycles. The molecule has 0 aliphatic carbocycles. The number of ether oxygens (including phenoxy) is 1. The average Bonchev–Trinajstić information content (AvgIpc) is 2.48. The Bertz CT molecular complexity index is 617. The molecule has 0 radical (unpaired) electrons. The fourth-order valence-corrected chi connectivity index (χ4v) is 2.25. The van der Waals surface area contributed by atoms with E-state index in [0.29, 0.717) is 16.7 Å². The lowest BCUT2D eigenvalue weighted by atomic mass is 10.2. The van der Waals surface area contributed by atoms with Crippen LogP contribution in [-0.4, -0.2) is 13.1 Å². The van der Waals surface area contributed by atoms with Gasteiger partial charge in [0.25, 0.3) is 0 Å². The first-order chi connectivity index (χ1) is 9.61. The Labute approximate surface area is 124 Å². The molecule has 0 saturated heterocycles. The van der Waals surface area contributed by atoms with Gasteiger partial charge in [-0.3, -0.25) is 0 Å². The third-order valence-corrected chi connectivity index (χ3v) is 3.44. The van der Waals surface area contributed by atoms with Crippen LogP contribution in [0, 0.1) is 5.82 Å². The molecule has 0 aliphatic heterocycles. The summed E-state index contributed by atoms with van der Waals surface area (Å²) in [5, 5.41) is 3.00. The minimum absolute atomic E-state index is 0.162. The van der Waals surface area contributed by atoms with Gasteiger partial charge in [-0.25, -0.2) is 9.18 Å². The van der Waals surface area contributed by atoms with Crippen molar-refractivity contribution in [3.8, 4) is 0 Å². The van der Waals surface area contributed by atoms with E-state index < -0.39 is 11.8 Å². The van der Waals surface area contributed by atoms with E-state index in [1.165, 1.54) is 13.2 Å². The highest BCUT2D eigenvalue weighted by Gasteiger charge is 2.14. The number of carbonyl (C=O) groups excluding carboxylic acids is 1. The van der Waals surface area contributed by atoms with Gasteiger partial charge in [0.15, 0.2) is 0 Å². The Morgan fingerprint density at radius 1 is 1.30 bits per heavy atom. The number of hydrogen-bond donors (Lipinski definition) is 1. The van der Waals surface area contributed by atoms with E-state index in [4.69, 9.17) is 0 Å². The van der Waals surface area contributed by atoms with Crippen LogP contribution in [-0.2, 0) is 11.3 Å². The van der Waals surface area contributed by atoms with E-state index in [2.05, 4.69) is 26.0 Å². The molecule has 0 aliphatic rings. The normalized spacial score (nSPS) is 10.2. The highest BCUT2D eigenvalue weighted by atomic mass is 79.9. The molecule has 2 aromatic carbocycles. The number of nitrogens with one attached hydrogen (secondary N) is 1. The minimum atomic E-state index is -0.578. The number of carbonyl (C=O) groups is 1. The van der Waals surface area contributed by atoms with Crippen LogP contribution in [0.25, 0.3) is 0 Å². The van der Waals surface area contributed by atoms with Gasteiger partial charge in [-0.15, -0.1) is 0 Å². The zero-order valence-electron chi connectivity index (χ0n) is 10.8. The summed E-state index contributed by atoms with van der Waals surface area (Å²) in [5.74, 6) is -1.07. The number of benzene rings is 2. The molecule has 0 unspecified atom stereocenters. The summed E-state index contributed by atoms with van der Waals surface area (Å²) < 4.78 is 19.0. The molecule has 0 fully saturated rings. The van der Waals surface area contributed by atoms with Crippen LogP contribution in [0.1, 0.15) is 15.9 Å². The first-order valence-corrected chi connectivity index (χ1v) is 6.76. The van der Waals surface area contributed by atoms with Crippen LogP contribution in [0.4, 0.5) is 10.1 Å². The summed E-state index contributed by atoms with van der Waals surface area (Å²) in [4.78, 5) is 11.4. The quantitative estimate of drug-likeness (QED) is 0.857. The first kappa shape index (κ1) is 14.5. The van der Waals surface area contributed by atoms with Gasteiger partial charge in [-0.2, -0.15) is 0 Å². The van der Waals surface area contributed by atoms with Crippen LogP contribution < -0.4 is 5.32 Å². The van der Waals surface area contributed by atoms with Gasteiger partial charge in [-0.1, -0.05) is 30.3 Å². The standard InChI is InChI=1S/C15H13BrFNO2/c1-20-15(19)11-7-13(17)14(8-12(11)16)18-9-10-5-3-2-4-6-10/h2-8,18H,9H2,1H3. The first-order valence-electron chi connectivity index (χ1n) is 5.97. The van der Waals surface area contributed by atoms with E-state index in [0.717, 1.165) is 11.6 Å². The number of methoxy groups -OCH3 is 1. The Balaban J connectivity index is 2.17. The van der Waals surface area contributed by atoms with Crippen molar-refractivity contribution in [3.63, 3.8) is 0 Å². The largest absolute Gasteiger partial charge is 0.465 e. The van der Waals surface area contributed by atoms with Crippen LogP contribution >= 0.6 is 15.9 Å². The molecule has 0 saturated carbocycles. The van der Waals surface area contributed by atoms with Crippen LogP contribution in [0.3, 0.4) is 0 Å². The van der Waals surface area contributed by atoms with Gasteiger partial charge >= 0.3 is 5.97 Å². The lowest BCUT2D eigenvalue weighted by molar-refractivity contribution is 0.0599. The zero-order chi connectivity index (χ0) is 14.5. The van der Waals surface area contributed by atoms with Crippen molar-refractivity contribution in [1.82, 2.24) is 0 Å². The molecule has 5 heteroatoms. The Hall–Kier alpha value is -1.88. The predicted molar refractivity (Wildman–Crippen MR) is 79.2 cm³/mol. The molecule has 2 rings (SSSR count). The summed E-state index contributed by atoms with van der Waals surface area (Å²) in [7, 11) is 1.26. The molecule has 0 amide bonds. The third kappa shape index (κ3) is 3.36. The maximum atomic E-state index is 13.9. The molecule has 3 nitrogen and oxygen atoms in total. The van der Waals surface area contributed by atoms with E-state index >= 15 is 0 Å². The van der Waals surface area contributed by atoms with Crippen molar-refractivity contribution < 1.29 is 13.9 Å². The summed E-state index contributed by atoms with van der Waals surface area (Å²) in [6, 6.07) is 12.3. The summed E-state index contributed by atoms with van der Waals surface area (Å²) >= 11 is 3.24. The van der Waals surface area contributed by atoms with Gasteiger partial charge in [0.05, 0.1) is 18.4 Å². The van der Waals surface area contributed by atoms with E-state index in [-0.39, 0.29) is 5.56 Å². The van der Waals surface area contributed by atoms with Crippen molar-refractivity contribution in [3.05, 3.63) is 63.9 Å². The molecule has 20 heavy (non-hydrogen) atoms. The number of hydrogen-bond acceptors (Lipinski definition) is 3. The second kappa shape index (κ2) is 6.52. The van der Waals surface area contributed by atoms with E-state index in [1.807, 2.05) is 30.3 Å². The van der Waals surface area contributed by atoms with Crippen LogP contribution in [0.15, 0.2) is 46.9 Å². The fourth-order valence-electron chi connectivity index (χ4n) is 1.74. The van der Waals surface area contributed by atoms with Crippen molar-refractivity contribution in [2.45, 2.75) is 6.54 Å². The minimum Gasteiger partial charge on any atom is -0.465 e. The molecule has 0 heterocycles. The number of rotatable bonds is 4. The van der Waals surface area contributed by atoms with Crippen molar-refractivity contribution >= 4 is 27.6 Å². The Morgan fingerprint density at radius 3 is 2.65 bits per heavy atom. The topological polar surface area (TPSA) is 38.3 Å². The second-order valence-electron chi connectivity index (χ2n) is 4.14. The molecule has 2 aromatic rings. The average molecular weight is 338 g/mol. The van der Waals surface area contributed by atoms with Crippen molar-refractivity contribution in [2.75, 3.05) is 12.4 Å². The second-order valence-corrected chi connectivity index (χ2v) is 5.00. The number of anilines is 1. The van der Waals surface area contributed by atoms with Gasteiger partial charge in [-0.05, 0) is 33.6 Å². The van der Waals surface area contributed by atoms with Gasteiger partial charge in [0.1, 0.15) is 5.82 Å². The summed E-state index contributed by atoms with van der Waals surface area (Å²) in [6.45, 7) is 0.502. The molecule has 0 atom stereocenters. The maximum Gasteiger partial charge on any atom is 0.339 e. The fraction of sp³-hybridized carbons (Fsp3) is 0.133. The molecule has 0 spiro atoms. The SMILES string of the molecule is COC(=O)c1cc(F)c(NCc2ccccc2)cc1Br. The zero-order valence-corrected chi connectivity index (χ0v) is 12.4. The summed E-state index contributed by atoms with van der Waals surface area (Å²) in [5.41, 5.74) is 1.53. The Morgan fingerprint density at radius 2 is 2.00 bits per heavy atom. The van der Waals surface area contributed by atoms with Crippen LogP contribution in [0.2, 0.25) is 0 Å². The van der Waals surface area contributed by atoms with E-state index in [9.17, 15) is 9.18 Å². The molecule has 0 bridgehead atoms. The summed E-state index contributed by atoms with van der Waals surface area (Å²) in [6.07, 6.45) is 0. The highest BCUT2D eigenvalue weighted by molar-refractivity contribution is 9.10. The van der Waals surface area contributed by atoms with Crippen molar-refractivity contribution in [2.24, 2.45) is 0 Å². The maximum absolute atomic E-state index is 13.9. The predicted octanol–water partition coefficient (Wildman–Crippen LogP) is 3.99. The van der Waals surface area contributed by atoms with Crippen LogP contribution in [0.5, 0.6) is 0 Å². The van der Waals surface area contributed by atoms with Gasteiger partial charge in [0.2, 0.25) is 0 Å². The Kier molecular flexibility index (Phi) is 4.74. The van der Waals surface area contributed by atoms with Gasteiger partial charge < -0.3 is 10.1 Å². The smallest absolute Gasteiger partial charge is 0.339 e. The molecule has 1 N–H and O–H groups in total. The molecular weight excluding hydrogens is 325 g/mol. The third-order valence-electron chi connectivity index (χ3n) is 2.79. The van der Waals surface area contributed by atoms with E-state index in [1.54, 1.807) is 0 Å². The monoisotopic (exact) mass is 337 g/mol. The van der Waals surface area contributed by atoms with Crippen molar-refractivity contribution in [1.29, 1.82) is 0 Å². The molecular formula is C15H13BrFNO2. The number of halogens is 2. The number of esters is 1. The van der Waals surface area contributed by atoms with Gasteiger partial charge in [0, 0.05) is 11.0 Å². The lowest BCUT2D eigenvalue weighted by Crippen LogP contribution is -2.06. The lowest BCUT2D eigenvalue weighted by Gasteiger charge is -2.10. The highest BCUT2D eigenvalue weighted by Crippen LogP contribution is 2.26. The molecule has 104 valence electrons.